The Morgan fingerprint density at radius 2 is 2.04 bits per heavy atom. The summed E-state index contributed by atoms with van der Waals surface area (Å²) in [6.45, 7) is 3.11. The second-order valence-corrected chi connectivity index (χ2v) is 6.78. The van der Waals surface area contributed by atoms with Crippen LogP contribution in [0.3, 0.4) is 0 Å². The van der Waals surface area contributed by atoms with Crippen molar-refractivity contribution in [1.29, 1.82) is 0 Å². The molecule has 0 atom stereocenters. The molecule has 0 aromatic carbocycles. The minimum atomic E-state index is -0.642. The molecule has 1 aromatic rings. The van der Waals surface area contributed by atoms with Crippen molar-refractivity contribution in [3.63, 3.8) is 0 Å². The Balaban J connectivity index is 1.55. The number of hydrogen-bond donors (Lipinski definition) is 1. The largest absolute Gasteiger partial charge is 0.336 e. The number of nitrogens with one attached hydrogen (secondary N) is 1. The number of piperidine rings is 1. The molecule has 2 amide bonds. The number of carbonyl (C=O) groups is 2. The van der Waals surface area contributed by atoms with E-state index in [1.54, 1.807) is 15.8 Å². The van der Waals surface area contributed by atoms with Gasteiger partial charge in [-0.15, -0.1) is 0 Å². The standard InChI is InChI=1S/C16H23N5O2/c22-14-12-19(10-11-20(14)13-2-3-13)15(23)16(4-7-17-8-5-16)21-9-1-6-18-21/h1,6,9,13,17H,2-5,7-8,10-12H2. The summed E-state index contributed by atoms with van der Waals surface area (Å²) >= 11 is 0. The Morgan fingerprint density at radius 3 is 2.65 bits per heavy atom. The SMILES string of the molecule is O=C1CN(C(=O)C2(n3cccn3)CCNCC2)CCN1C1CC1. The van der Waals surface area contributed by atoms with E-state index in [2.05, 4.69) is 10.4 Å². The van der Waals surface area contributed by atoms with Gasteiger partial charge in [0.05, 0.1) is 6.54 Å². The average Bonchev–Trinajstić information content (AvgIpc) is 3.27. The van der Waals surface area contributed by atoms with E-state index >= 15 is 0 Å². The number of aromatic nitrogens is 2. The summed E-state index contributed by atoms with van der Waals surface area (Å²) in [7, 11) is 0. The average molecular weight is 317 g/mol. The Morgan fingerprint density at radius 1 is 1.26 bits per heavy atom. The van der Waals surface area contributed by atoms with Gasteiger partial charge >= 0.3 is 0 Å². The second kappa shape index (κ2) is 5.63. The molecule has 2 saturated heterocycles. The first-order valence-electron chi connectivity index (χ1n) is 8.50. The topological polar surface area (TPSA) is 70.5 Å². The fourth-order valence-corrected chi connectivity index (χ4v) is 3.83. The van der Waals surface area contributed by atoms with Crippen LogP contribution in [0.2, 0.25) is 0 Å². The van der Waals surface area contributed by atoms with Gasteiger partial charge in [0.2, 0.25) is 5.91 Å². The number of piperazine rings is 1. The van der Waals surface area contributed by atoms with Crippen molar-refractivity contribution in [2.75, 3.05) is 32.7 Å². The third-order valence-corrected chi connectivity index (χ3v) is 5.30. The number of hydrogen-bond acceptors (Lipinski definition) is 4. The highest BCUT2D eigenvalue weighted by Gasteiger charge is 2.46. The minimum absolute atomic E-state index is 0.0477. The van der Waals surface area contributed by atoms with Crippen molar-refractivity contribution in [1.82, 2.24) is 24.9 Å². The first kappa shape index (κ1) is 14.7. The van der Waals surface area contributed by atoms with Gasteiger partial charge in [0.15, 0.2) is 0 Å². The summed E-state index contributed by atoms with van der Waals surface area (Å²) < 4.78 is 1.80. The highest BCUT2D eigenvalue weighted by atomic mass is 16.2. The Labute approximate surface area is 135 Å². The van der Waals surface area contributed by atoms with Crippen LogP contribution in [0.1, 0.15) is 25.7 Å². The van der Waals surface area contributed by atoms with E-state index in [9.17, 15) is 9.59 Å². The monoisotopic (exact) mass is 317 g/mol. The van der Waals surface area contributed by atoms with E-state index in [0.29, 0.717) is 32.0 Å². The van der Waals surface area contributed by atoms with E-state index in [-0.39, 0.29) is 18.4 Å². The molecular formula is C16H23N5O2. The van der Waals surface area contributed by atoms with Gasteiger partial charge in [-0.05, 0) is 44.8 Å². The summed E-state index contributed by atoms with van der Waals surface area (Å²) in [4.78, 5) is 29.3. The lowest BCUT2D eigenvalue weighted by Crippen LogP contribution is -2.60. The molecule has 3 fully saturated rings. The lowest BCUT2D eigenvalue weighted by Gasteiger charge is -2.42. The van der Waals surface area contributed by atoms with Crippen LogP contribution in [0.25, 0.3) is 0 Å². The molecule has 2 aliphatic heterocycles. The fourth-order valence-electron chi connectivity index (χ4n) is 3.83. The van der Waals surface area contributed by atoms with Crippen LogP contribution in [0.15, 0.2) is 18.5 Å². The normalized spacial score (nSPS) is 24.8. The summed E-state index contributed by atoms with van der Waals surface area (Å²) in [6, 6.07) is 2.28. The van der Waals surface area contributed by atoms with Crippen LogP contribution >= 0.6 is 0 Å². The maximum Gasteiger partial charge on any atom is 0.251 e. The molecule has 1 aliphatic carbocycles. The molecule has 7 heteroatoms. The van der Waals surface area contributed by atoms with Gasteiger partial charge in [-0.2, -0.15) is 5.10 Å². The van der Waals surface area contributed by atoms with Crippen molar-refractivity contribution >= 4 is 11.8 Å². The summed E-state index contributed by atoms with van der Waals surface area (Å²) in [5.74, 6) is 0.142. The molecule has 1 aromatic heterocycles. The molecule has 0 radical (unpaired) electrons. The molecule has 0 bridgehead atoms. The van der Waals surface area contributed by atoms with E-state index in [0.717, 1.165) is 25.9 Å². The summed E-state index contributed by atoms with van der Waals surface area (Å²) in [6.07, 6.45) is 7.24. The van der Waals surface area contributed by atoms with Crippen LogP contribution in [-0.2, 0) is 15.1 Å². The highest BCUT2D eigenvalue weighted by molar-refractivity contribution is 5.90. The summed E-state index contributed by atoms with van der Waals surface area (Å²) in [5.41, 5.74) is -0.642. The van der Waals surface area contributed by atoms with Crippen molar-refractivity contribution in [3.8, 4) is 0 Å². The zero-order valence-corrected chi connectivity index (χ0v) is 13.3. The number of rotatable bonds is 3. The smallest absolute Gasteiger partial charge is 0.251 e. The Bertz CT molecular complexity index is 590. The van der Waals surface area contributed by atoms with Crippen LogP contribution < -0.4 is 5.32 Å². The van der Waals surface area contributed by atoms with Crippen molar-refractivity contribution < 1.29 is 9.59 Å². The number of amides is 2. The molecule has 1 N–H and O–H groups in total. The molecule has 3 heterocycles. The maximum absolute atomic E-state index is 13.3. The zero-order chi connectivity index (χ0) is 15.9. The molecule has 0 spiro atoms. The van der Waals surface area contributed by atoms with Gasteiger partial charge in [0.25, 0.3) is 5.91 Å². The van der Waals surface area contributed by atoms with Crippen molar-refractivity contribution in [2.24, 2.45) is 0 Å². The first-order valence-corrected chi connectivity index (χ1v) is 8.50. The maximum atomic E-state index is 13.3. The van der Waals surface area contributed by atoms with Crippen LogP contribution in [0, 0.1) is 0 Å². The van der Waals surface area contributed by atoms with Gasteiger partial charge < -0.3 is 15.1 Å². The first-order chi connectivity index (χ1) is 11.2. The Hall–Kier alpha value is -1.89. The molecule has 1 saturated carbocycles. The molecule has 4 rings (SSSR count). The quantitative estimate of drug-likeness (QED) is 0.838. The van der Waals surface area contributed by atoms with E-state index in [1.165, 1.54) is 0 Å². The number of carbonyl (C=O) groups excluding carboxylic acids is 2. The van der Waals surface area contributed by atoms with Crippen molar-refractivity contribution in [2.45, 2.75) is 37.3 Å². The third kappa shape index (κ3) is 2.52. The van der Waals surface area contributed by atoms with Crippen LogP contribution in [0.4, 0.5) is 0 Å². The minimum Gasteiger partial charge on any atom is -0.336 e. The lowest BCUT2D eigenvalue weighted by atomic mass is 9.86. The Kier molecular flexibility index (Phi) is 3.60. The van der Waals surface area contributed by atoms with E-state index in [4.69, 9.17) is 0 Å². The molecule has 23 heavy (non-hydrogen) atoms. The van der Waals surface area contributed by atoms with E-state index < -0.39 is 5.54 Å². The van der Waals surface area contributed by atoms with Gasteiger partial charge in [0, 0.05) is 31.5 Å². The van der Waals surface area contributed by atoms with Gasteiger partial charge in [-0.3, -0.25) is 14.3 Å². The molecular weight excluding hydrogens is 294 g/mol. The van der Waals surface area contributed by atoms with E-state index in [1.807, 2.05) is 17.2 Å². The van der Waals surface area contributed by atoms with Gasteiger partial charge in [-0.25, -0.2) is 0 Å². The van der Waals surface area contributed by atoms with Crippen LogP contribution in [0.5, 0.6) is 0 Å². The molecule has 7 nitrogen and oxygen atoms in total. The summed E-state index contributed by atoms with van der Waals surface area (Å²) in [5, 5.41) is 7.66. The fraction of sp³-hybridized carbons (Fsp3) is 0.688. The lowest BCUT2D eigenvalue weighted by molar-refractivity contribution is -0.152. The van der Waals surface area contributed by atoms with Gasteiger partial charge in [-0.1, -0.05) is 0 Å². The second-order valence-electron chi connectivity index (χ2n) is 6.78. The molecule has 124 valence electrons. The predicted molar refractivity (Wildman–Crippen MR) is 83.6 cm³/mol. The van der Waals surface area contributed by atoms with Gasteiger partial charge in [0.1, 0.15) is 5.54 Å². The van der Waals surface area contributed by atoms with Crippen LogP contribution in [-0.4, -0.2) is 70.2 Å². The number of nitrogens with zero attached hydrogens (tertiary/aromatic N) is 4. The molecule has 0 unspecified atom stereocenters. The highest BCUT2D eigenvalue weighted by Crippen LogP contribution is 2.32. The zero-order valence-electron chi connectivity index (χ0n) is 13.3. The molecule has 3 aliphatic rings. The van der Waals surface area contributed by atoms with Crippen molar-refractivity contribution in [3.05, 3.63) is 18.5 Å². The third-order valence-electron chi connectivity index (χ3n) is 5.30. The predicted octanol–water partition coefficient (Wildman–Crippen LogP) is -0.205.